The summed E-state index contributed by atoms with van der Waals surface area (Å²) in [5.41, 5.74) is 3.69. The highest BCUT2D eigenvalue weighted by Gasteiger charge is 2.31. The van der Waals surface area contributed by atoms with Crippen molar-refractivity contribution < 1.29 is 14.4 Å². The molecule has 3 heterocycles. The first kappa shape index (κ1) is 30.9. The molecule has 44 heavy (non-hydrogen) atoms. The number of aromatic nitrogens is 5. The van der Waals surface area contributed by atoms with Crippen molar-refractivity contribution in [3.63, 3.8) is 0 Å². The van der Waals surface area contributed by atoms with Gasteiger partial charge in [0, 0.05) is 19.5 Å². The molecule has 0 bridgehead atoms. The minimum absolute atomic E-state index is 0.0295. The monoisotopic (exact) mass is 598 g/mol. The van der Waals surface area contributed by atoms with Gasteiger partial charge in [-0.3, -0.25) is 14.4 Å². The number of aryl methyl sites for hydroxylation is 2. The van der Waals surface area contributed by atoms with Crippen LogP contribution in [0.5, 0.6) is 0 Å². The van der Waals surface area contributed by atoms with Crippen LogP contribution in [0.1, 0.15) is 67.8 Å². The van der Waals surface area contributed by atoms with Crippen LogP contribution in [-0.2, 0) is 33.8 Å². The van der Waals surface area contributed by atoms with Crippen molar-refractivity contribution in [3.05, 3.63) is 77.1 Å². The van der Waals surface area contributed by atoms with Crippen molar-refractivity contribution in [1.82, 2.24) is 40.3 Å². The van der Waals surface area contributed by atoms with Crippen LogP contribution >= 0.6 is 0 Å². The van der Waals surface area contributed by atoms with E-state index >= 15 is 0 Å². The van der Waals surface area contributed by atoms with E-state index in [4.69, 9.17) is 4.98 Å². The summed E-state index contributed by atoms with van der Waals surface area (Å²) in [7, 11) is 0. The molecule has 4 aromatic rings. The molecule has 0 saturated carbocycles. The molecule has 1 aliphatic heterocycles. The molecule has 0 saturated heterocycles. The number of aromatic amines is 1. The zero-order valence-electron chi connectivity index (χ0n) is 26.0. The van der Waals surface area contributed by atoms with Crippen molar-refractivity contribution in [1.29, 1.82) is 0 Å². The van der Waals surface area contributed by atoms with Crippen LogP contribution in [0, 0.1) is 19.8 Å². The van der Waals surface area contributed by atoms with Gasteiger partial charge in [-0.1, -0.05) is 56.7 Å². The lowest BCUT2D eigenvalue weighted by molar-refractivity contribution is -0.132. The maximum absolute atomic E-state index is 13.7. The molecule has 0 fully saturated rings. The normalized spacial score (nSPS) is 19.1. The zero-order chi connectivity index (χ0) is 31.2. The van der Waals surface area contributed by atoms with Crippen LogP contribution in [0.3, 0.4) is 0 Å². The highest BCUT2D eigenvalue weighted by molar-refractivity contribution is 5.88. The highest BCUT2D eigenvalue weighted by Crippen LogP contribution is 2.20. The van der Waals surface area contributed by atoms with Gasteiger partial charge in [0.25, 0.3) is 0 Å². The molecule has 11 heteroatoms. The quantitative estimate of drug-likeness (QED) is 0.310. The van der Waals surface area contributed by atoms with Gasteiger partial charge >= 0.3 is 0 Å². The second-order valence-corrected chi connectivity index (χ2v) is 11.8. The van der Waals surface area contributed by atoms with Crippen molar-refractivity contribution in [2.24, 2.45) is 5.92 Å². The molecule has 0 aliphatic carbocycles. The van der Waals surface area contributed by atoms with Gasteiger partial charge in [0.1, 0.15) is 23.5 Å². The number of H-pyrrole nitrogens is 1. The summed E-state index contributed by atoms with van der Waals surface area (Å²) in [6.45, 7) is 8.91. The molecule has 0 radical (unpaired) electrons. The molecule has 3 N–H and O–H groups in total. The molecule has 5 rings (SSSR count). The van der Waals surface area contributed by atoms with Gasteiger partial charge in [-0.2, -0.15) is 5.10 Å². The van der Waals surface area contributed by atoms with E-state index in [0.29, 0.717) is 44.1 Å². The molecule has 1 aliphatic rings. The predicted molar refractivity (Wildman–Crippen MR) is 168 cm³/mol. The Balaban J connectivity index is 1.44. The van der Waals surface area contributed by atoms with Gasteiger partial charge < -0.3 is 20.5 Å². The molecule has 0 spiro atoms. The predicted octanol–water partition coefficient (Wildman–Crippen LogP) is 3.57. The lowest BCUT2D eigenvalue weighted by Crippen LogP contribution is -2.51. The summed E-state index contributed by atoms with van der Waals surface area (Å²) in [5, 5.41) is 10.8. The molecule has 3 atom stereocenters. The number of nitrogens with one attached hydrogen (secondary N) is 3. The Hall–Kier alpha value is -4.54. The van der Waals surface area contributed by atoms with E-state index < -0.39 is 12.1 Å². The number of hydrogen-bond acceptors (Lipinski definition) is 6. The molecule has 3 amide bonds. The minimum atomic E-state index is -0.690. The van der Waals surface area contributed by atoms with Crippen LogP contribution in [0.4, 0.5) is 0 Å². The number of benzene rings is 2. The lowest BCUT2D eigenvalue weighted by Gasteiger charge is -2.28. The Morgan fingerprint density at radius 2 is 1.80 bits per heavy atom. The number of rotatable bonds is 6. The van der Waals surface area contributed by atoms with Crippen molar-refractivity contribution >= 4 is 28.8 Å². The minimum Gasteiger partial charge on any atom is -0.344 e. The number of imidazole rings is 1. The standard InChI is InChI=1S/C33H42N8O3/c1-5-21(2)31-33(44)37-28(18-24-10-7-6-8-11-24)32-36-23(4)39-41(32)17-16-40(15-9-12-29(42)38-31)30(43)20-25-13-14-26-27(19-25)35-22(3)34-26/h6-8,10-11,13-14,19,21,28,31H,5,9,12,15-18,20H2,1-4H3,(H,34,35)(H,37,44)(H,38,42)/t21-,28-,31-/m0/s1. The molecule has 2 aromatic carbocycles. The van der Waals surface area contributed by atoms with Gasteiger partial charge in [-0.05, 0) is 55.9 Å². The fraction of sp³-hybridized carbons (Fsp3) is 0.455. The van der Waals surface area contributed by atoms with Crippen LogP contribution < -0.4 is 10.6 Å². The summed E-state index contributed by atoms with van der Waals surface area (Å²) in [6, 6.07) is 14.6. The summed E-state index contributed by atoms with van der Waals surface area (Å²) in [4.78, 5) is 54.7. The number of amides is 3. The number of carbonyl (C=O) groups is 3. The number of nitrogens with zero attached hydrogens (tertiary/aromatic N) is 5. The average Bonchev–Trinajstić information content (AvgIpc) is 3.57. The second-order valence-electron chi connectivity index (χ2n) is 11.8. The van der Waals surface area contributed by atoms with Crippen molar-refractivity contribution in [3.8, 4) is 0 Å². The zero-order valence-corrected chi connectivity index (χ0v) is 26.0. The van der Waals surface area contributed by atoms with Gasteiger partial charge in [0.2, 0.25) is 17.7 Å². The Bertz CT molecular complexity index is 1610. The van der Waals surface area contributed by atoms with Gasteiger partial charge in [0.15, 0.2) is 0 Å². The fourth-order valence-corrected chi connectivity index (χ4v) is 5.75. The van der Waals surface area contributed by atoms with Crippen molar-refractivity contribution in [2.45, 2.75) is 78.4 Å². The largest absolute Gasteiger partial charge is 0.344 e. The topological polar surface area (TPSA) is 138 Å². The Labute approximate surface area is 257 Å². The van der Waals surface area contributed by atoms with E-state index in [1.54, 1.807) is 4.90 Å². The Kier molecular flexibility index (Phi) is 9.72. The van der Waals surface area contributed by atoms with Crippen LogP contribution in [-0.4, -0.2) is 66.5 Å². The van der Waals surface area contributed by atoms with Crippen molar-refractivity contribution in [2.75, 3.05) is 13.1 Å². The van der Waals surface area contributed by atoms with E-state index in [1.807, 2.05) is 80.9 Å². The van der Waals surface area contributed by atoms with Gasteiger partial charge in [-0.25, -0.2) is 14.6 Å². The van der Waals surface area contributed by atoms with Crippen LogP contribution in [0.25, 0.3) is 11.0 Å². The number of carbonyl (C=O) groups excluding carboxylic acids is 3. The summed E-state index contributed by atoms with van der Waals surface area (Å²) < 4.78 is 1.81. The molecular weight excluding hydrogens is 556 g/mol. The first-order chi connectivity index (χ1) is 21.2. The van der Waals surface area contributed by atoms with Gasteiger partial charge in [0.05, 0.1) is 30.0 Å². The average molecular weight is 599 g/mol. The van der Waals surface area contributed by atoms with E-state index in [0.717, 1.165) is 34.4 Å². The smallest absolute Gasteiger partial charge is 0.243 e. The first-order valence-electron chi connectivity index (χ1n) is 15.5. The first-order valence-corrected chi connectivity index (χ1v) is 15.5. The lowest BCUT2D eigenvalue weighted by atomic mass is 9.97. The Morgan fingerprint density at radius 3 is 2.57 bits per heavy atom. The highest BCUT2D eigenvalue weighted by atomic mass is 16.2. The third kappa shape index (κ3) is 7.50. The fourth-order valence-electron chi connectivity index (χ4n) is 5.75. The molecule has 11 nitrogen and oxygen atoms in total. The summed E-state index contributed by atoms with van der Waals surface area (Å²) in [6.07, 6.45) is 2.15. The summed E-state index contributed by atoms with van der Waals surface area (Å²) >= 11 is 0. The van der Waals surface area contributed by atoms with E-state index in [1.165, 1.54) is 0 Å². The maximum Gasteiger partial charge on any atom is 0.243 e. The molecule has 232 valence electrons. The maximum atomic E-state index is 13.7. The molecular formula is C33H42N8O3. The van der Waals surface area contributed by atoms with E-state index in [2.05, 4.69) is 25.7 Å². The Morgan fingerprint density at radius 1 is 1.00 bits per heavy atom. The number of hydrogen-bond donors (Lipinski definition) is 3. The third-order valence-electron chi connectivity index (χ3n) is 8.32. The van der Waals surface area contributed by atoms with Gasteiger partial charge in [-0.15, -0.1) is 0 Å². The van der Waals surface area contributed by atoms with E-state index in [-0.39, 0.29) is 36.5 Å². The molecule has 2 aromatic heterocycles. The third-order valence-corrected chi connectivity index (χ3v) is 8.32. The van der Waals surface area contributed by atoms with Crippen LogP contribution in [0.2, 0.25) is 0 Å². The van der Waals surface area contributed by atoms with E-state index in [9.17, 15) is 14.4 Å². The second kappa shape index (κ2) is 13.8. The summed E-state index contributed by atoms with van der Waals surface area (Å²) in [5.74, 6) is 1.50. The molecule has 0 unspecified atom stereocenters. The van der Waals surface area contributed by atoms with Crippen LogP contribution in [0.15, 0.2) is 48.5 Å². The number of fused-ring (bicyclic) bond motifs is 2. The SMILES string of the molecule is CC[C@H](C)[C@@H]1NC(=O)CCCN(C(=O)Cc2ccc3nc(C)[nH]c3c2)CCn2nc(C)nc2[C@H](Cc2ccccc2)NC1=O.